The summed E-state index contributed by atoms with van der Waals surface area (Å²) in [6, 6.07) is 70.5. The topological polar surface area (TPSA) is 38.7 Å². The molecule has 0 bridgehead atoms. The molecular formula is C51H33N3S. The summed E-state index contributed by atoms with van der Waals surface area (Å²) < 4.78 is 2.58. The highest BCUT2D eigenvalue weighted by molar-refractivity contribution is 7.25. The fourth-order valence-corrected chi connectivity index (χ4v) is 8.48. The summed E-state index contributed by atoms with van der Waals surface area (Å²) in [5, 5.41) is 2.55. The van der Waals surface area contributed by atoms with Crippen LogP contribution in [-0.2, 0) is 0 Å². The van der Waals surface area contributed by atoms with Crippen LogP contribution in [0.25, 0.3) is 98.8 Å². The van der Waals surface area contributed by atoms with E-state index >= 15 is 0 Å². The zero-order chi connectivity index (χ0) is 36.6. The summed E-state index contributed by atoms with van der Waals surface area (Å²) in [6.07, 6.45) is 0. The van der Waals surface area contributed by atoms with Crippen LogP contribution in [0.4, 0.5) is 0 Å². The molecule has 0 aliphatic carbocycles. The maximum absolute atomic E-state index is 5.30. The van der Waals surface area contributed by atoms with Crippen LogP contribution in [0.2, 0.25) is 0 Å². The molecule has 258 valence electrons. The smallest absolute Gasteiger partial charge is 0.164 e. The van der Waals surface area contributed by atoms with Gasteiger partial charge in [-0.1, -0.05) is 158 Å². The van der Waals surface area contributed by atoms with E-state index in [1.807, 2.05) is 23.5 Å². The molecule has 55 heavy (non-hydrogen) atoms. The first-order valence-corrected chi connectivity index (χ1v) is 19.2. The van der Waals surface area contributed by atoms with Gasteiger partial charge in [0.2, 0.25) is 0 Å². The molecule has 0 fully saturated rings. The minimum atomic E-state index is 0.620. The van der Waals surface area contributed by atoms with Gasteiger partial charge in [0.25, 0.3) is 0 Å². The standard InChI is InChI=1S/C51H33N3S/c1-4-15-34(16-5-1)37-21-14-22-39(29-37)49-52-50(54-51(53-49)45-25-11-10-23-43(45)36-19-8-3-9-20-36)42-31-40(35-17-6-2-7-18-35)30-41(32-42)38-27-28-48-46(33-38)44-24-12-13-26-47(44)55-48/h1-33H. The molecule has 0 saturated carbocycles. The summed E-state index contributed by atoms with van der Waals surface area (Å²) in [5.41, 5.74) is 11.7. The Morgan fingerprint density at radius 1 is 0.255 bits per heavy atom. The summed E-state index contributed by atoms with van der Waals surface area (Å²) in [7, 11) is 0. The number of thiophene rings is 1. The van der Waals surface area contributed by atoms with Gasteiger partial charge >= 0.3 is 0 Å². The molecule has 0 amide bonds. The Balaban J connectivity index is 1.20. The van der Waals surface area contributed by atoms with E-state index in [0.29, 0.717) is 17.5 Å². The molecule has 3 nitrogen and oxygen atoms in total. The highest BCUT2D eigenvalue weighted by Crippen LogP contribution is 2.39. The molecule has 10 rings (SSSR count). The van der Waals surface area contributed by atoms with Gasteiger partial charge in [0, 0.05) is 36.9 Å². The van der Waals surface area contributed by atoms with Crippen LogP contribution in [0.1, 0.15) is 0 Å². The normalized spacial score (nSPS) is 11.3. The molecule has 2 aromatic heterocycles. The molecule has 8 aromatic carbocycles. The minimum Gasteiger partial charge on any atom is -0.208 e. The molecule has 0 spiro atoms. The molecule has 4 heteroatoms. The van der Waals surface area contributed by atoms with E-state index in [-0.39, 0.29) is 0 Å². The van der Waals surface area contributed by atoms with E-state index in [0.717, 1.165) is 61.2 Å². The van der Waals surface area contributed by atoms with Gasteiger partial charge in [-0.3, -0.25) is 0 Å². The second-order valence-electron chi connectivity index (χ2n) is 13.6. The van der Waals surface area contributed by atoms with E-state index in [1.54, 1.807) is 0 Å². The van der Waals surface area contributed by atoms with Crippen LogP contribution in [0.5, 0.6) is 0 Å². The van der Waals surface area contributed by atoms with Crippen LogP contribution in [-0.4, -0.2) is 15.0 Å². The number of hydrogen-bond donors (Lipinski definition) is 0. The lowest BCUT2D eigenvalue weighted by Gasteiger charge is -2.14. The van der Waals surface area contributed by atoms with Crippen molar-refractivity contribution in [2.45, 2.75) is 0 Å². The average Bonchev–Trinajstić information content (AvgIpc) is 3.65. The van der Waals surface area contributed by atoms with E-state index in [9.17, 15) is 0 Å². The van der Waals surface area contributed by atoms with Crippen molar-refractivity contribution in [2.24, 2.45) is 0 Å². The Morgan fingerprint density at radius 2 is 0.727 bits per heavy atom. The summed E-state index contributed by atoms with van der Waals surface area (Å²) in [4.78, 5) is 15.8. The van der Waals surface area contributed by atoms with Gasteiger partial charge in [0.1, 0.15) is 0 Å². The molecule has 0 saturated heterocycles. The monoisotopic (exact) mass is 719 g/mol. The number of hydrogen-bond acceptors (Lipinski definition) is 4. The third-order valence-corrected chi connectivity index (χ3v) is 11.3. The summed E-state index contributed by atoms with van der Waals surface area (Å²) >= 11 is 1.84. The van der Waals surface area contributed by atoms with E-state index in [1.165, 1.54) is 20.2 Å². The molecule has 0 unspecified atom stereocenters. The second-order valence-corrected chi connectivity index (χ2v) is 14.7. The quantitative estimate of drug-likeness (QED) is 0.165. The maximum Gasteiger partial charge on any atom is 0.164 e. The number of aromatic nitrogens is 3. The first-order valence-electron chi connectivity index (χ1n) is 18.4. The highest BCUT2D eigenvalue weighted by atomic mass is 32.1. The van der Waals surface area contributed by atoms with Gasteiger partial charge in [-0.15, -0.1) is 11.3 Å². The van der Waals surface area contributed by atoms with Crippen LogP contribution in [0.3, 0.4) is 0 Å². The zero-order valence-corrected chi connectivity index (χ0v) is 30.6. The Kier molecular flexibility index (Phi) is 8.36. The van der Waals surface area contributed by atoms with Crippen molar-refractivity contribution >= 4 is 31.5 Å². The lowest BCUT2D eigenvalue weighted by atomic mass is 9.95. The third kappa shape index (κ3) is 6.39. The van der Waals surface area contributed by atoms with Crippen molar-refractivity contribution in [1.29, 1.82) is 0 Å². The average molecular weight is 720 g/mol. The minimum absolute atomic E-state index is 0.620. The number of nitrogens with zero attached hydrogens (tertiary/aromatic N) is 3. The zero-order valence-electron chi connectivity index (χ0n) is 29.8. The molecular weight excluding hydrogens is 687 g/mol. The van der Waals surface area contributed by atoms with Gasteiger partial charge in [-0.25, -0.2) is 15.0 Å². The first-order chi connectivity index (χ1) is 27.2. The maximum atomic E-state index is 5.30. The lowest BCUT2D eigenvalue weighted by Crippen LogP contribution is -2.01. The molecule has 2 heterocycles. The Morgan fingerprint density at radius 3 is 1.47 bits per heavy atom. The van der Waals surface area contributed by atoms with Gasteiger partial charge in [0.05, 0.1) is 0 Å². The van der Waals surface area contributed by atoms with Crippen molar-refractivity contribution in [1.82, 2.24) is 15.0 Å². The third-order valence-electron chi connectivity index (χ3n) is 10.1. The van der Waals surface area contributed by atoms with E-state index in [4.69, 9.17) is 15.0 Å². The lowest BCUT2D eigenvalue weighted by molar-refractivity contribution is 1.07. The Hall–Kier alpha value is -7.01. The predicted molar refractivity (Wildman–Crippen MR) is 231 cm³/mol. The first kappa shape index (κ1) is 32.6. The molecule has 0 aliphatic heterocycles. The van der Waals surface area contributed by atoms with Crippen LogP contribution in [0.15, 0.2) is 200 Å². The molecule has 0 aliphatic rings. The fraction of sp³-hybridized carbons (Fsp3) is 0. The fourth-order valence-electron chi connectivity index (χ4n) is 7.40. The highest BCUT2D eigenvalue weighted by Gasteiger charge is 2.18. The second kappa shape index (κ2) is 14.1. The van der Waals surface area contributed by atoms with Crippen LogP contribution < -0.4 is 0 Å². The van der Waals surface area contributed by atoms with E-state index in [2.05, 4.69) is 188 Å². The van der Waals surface area contributed by atoms with Crippen molar-refractivity contribution < 1.29 is 0 Å². The SMILES string of the molecule is c1ccc(-c2cccc(-c3nc(-c4cc(-c5ccccc5)cc(-c5ccc6sc7ccccc7c6c5)c4)nc(-c4ccccc4-c4ccccc4)n3)c2)cc1. The number of fused-ring (bicyclic) bond motifs is 3. The van der Waals surface area contributed by atoms with Crippen molar-refractivity contribution in [3.8, 4) is 78.7 Å². The largest absolute Gasteiger partial charge is 0.208 e. The van der Waals surface area contributed by atoms with Crippen molar-refractivity contribution in [2.75, 3.05) is 0 Å². The van der Waals surface area contributed by atoms with Gasteiger partial charge in [-0.05, 0) is 87.0 Å². The van der Waals surface area contributed by atoms with Crippen LogP contribution in [0, 0.1) is 0 Å². The van der Waals surface area contributed by atoms with Gasteiger partial charge in [0.15, 0.2) is 17.5 Å². The Labute approximate surface area is 323 Å². The molecule has 0 radical (unpaired) electrons. The van der Waals surface area contributed by atoms with Gasteiger partial charge < -0.3 is 0 Å². The predicted octanol–water partition coefficient (Wildman–Crippen LogP) is 13.9. The Bertz CT molecular complexity index is 2970. The number of benzene rings is 8. The van der Waals surface area contributed by atoms with Crippen LogP contribution >= 0.6 is 11.3 Å². The summed E-state index contributed by atoms with van der Waals surface area (Å²) in [6.45, 7) is 0. The molecule has 0 N–H and O–H groups in total. The van der Waals surface area contributed by atoms with E-state index < -0.39 is 0 Å². The number of rotatable bonds is 7. The summed E-state index contributed by atoms with van der Waals surface area (Å²) in [5.74, 6) is 1.87. The molecule has 0 atom stereocenters. The van der Waals surface area contributed by atoms with Crippen molar-refractivity contribution in [3.63, 3.8) is 0 Å². The van der Waals surface area contributed by atoms with Gasteiger partial charge in [-0.2, -0.15) is 0 Å². The van der Waals surface area contributed by atoms with Crippen molar-refractivity contribution in [3.05, 3.63) is 200 Å². The molecule has 10 aromatic rings.